The molecule has 6 rings (SSSR count). The minimum atomic E-state index is -0.829. The summed E-state index contributed by atoms with van der Waals surface area (Å²) in [5.74, 6) is -0.665. The fraction of sp³-hybridized carbons (Fsp3) is 0.148. The average Bonchev–Trinajstić information content (AvgIpc) is 3.54. The molecule has 4 aromatic rings. The first-order chi connectivity index (χ1) is 16.5. The second kappa shape index (κ2) is 7.59. The van der Waals surface area contributed by atoms with Crippen LogP contribution in [-0.4, -0.2) is 33.4 Å². The Morgan fingerprint density at radius 2 is 1.94 bits per heavy atom. The Kier molecular flexibility index (Phi) is 4.52. The zero-order valence-electron chi connectivity index (χ0n) is 18.4. The highest BCUT2D eigenvalue weighted by Crippen LogP contribution is 2.42. The molecule has 3 heterocycles. The molecule has 0 saturated carbocycles. The lowest BCUT2D eigenvalue weighted by Gasteiger charge is -2.23. The zero-order chi connectivity index (χ0) is 23.4. The Balaban J connectivity index is 1.56. The highest BCUT2D eigenvalue weighted by Gasteiger charge is 2.48. The summed E-state index contributed by atoms with van der Waals surface area (Å²) in [7, 11) is 0. The van der Waals surface area contributed by atoms with Crippen LogP contribution in [0.3, 0.4) is 0 Å². The molecule has 2 aliphatic rings. The van der Waals surface area contributed by atoms with Crippen LogP contribution in [0.5, 0.6) is 5.75 Å². The number of ketones is 1. The molecule has 1 saturated heterocycles. The number of amides is 1. The zero-order valence-corrected chi connectivity index (χ0v) is 18.4. The minimum Gasteiger partial charge on any atom is -0.507 e. The van der Waals surface area contributed by atoms with Crippen molar-refractivity contribution in [2.24, 2.45) is 0 Å². The van der Waals surface area contributed by atoms with Crippen molar-refractivity contribution in [3.63, 3.8) is 0 Å². The summed E-state index contributed by atoms with van der Waals surface area (Å²) in [5, 5.41) is 11.4. The minimum absolute atomic E-state index is 0.0370. The van der Waals surface area contributed by atoms with Crippen molar-refractivity contribution < 1.29 is 19.4 Å². The SMILES string of the molecule is Cc1cccc(C2/C(=C(\O)c3ccc4c(c3)CCO4)C(=O)C(=O)N2c2nc3ccccc3[nH]2)c1. The van der Waals surface area contributed by atoms with E-state index in [0.29, 0.717) is 23.3 Å². The second-order valence-corrected chi connectivity index (χ2v) is 8.58. The van der Waals surface area contributed by atoms with Crippen molar-refractivity contribution in [2.45, 2.75) is 19.4 Å². The summed E-state index contributed by atoms with van der Waals surface area (Å²) in [6.45, 7) is 2.52. The van der Waals surface area contributed by atoms with E-state index in [1.807, 2.05) is 61.5 Å². The van der Waals surface area contributed by atoms with E-state index in [9.17, 15) is 14.7 Å². The van der Waals surface area contributed by atoms with Crippen LogP contribution < -0.4 is 9.64 Å². The number of para-hydroxylation sites is 2. The lowest BCUT2D eigenvalue weighted by molar-refractivity contribution is -0.132. The number of hydrogen-bond acceptors (Lipinski definition) is 5. The fourth-order valence-electron chi connectivity index (χ4n) is 4.75. The van der Waals surface area contributed by atoms with E-state index in [1.54, 1.807) is 12.1 Å². The fourth-order valence-corrected chi connectivity index (χ4v) is 4.75. The predicted octanol–water partition coefficient (Wildman–Crippen LogP) is 4.43. The molecular weight excluding hydrogens is 430 g/mol. The van der Waals surface area contributed by atoms with Gasteiger partial charge in [0.05, 0.1) is 29.3 Å². The highest BCUT2D eigenvalue weighted by atomic mass is 16.5. The van der Waals surface area contributed by atoms with E-state index in [-0.39, 0.29) is 17.3 Å². The number of aromatic amines is 1. The van der Waals surface area contributed by atoms with Gasteiger partial charge in [-0.3, -0.25) is 14.5 Å². The lowest BCUT2D eigenvalue weighted by atomic mass is 9.94. The number of imidazole rings is 1. The molecule has 1 fully saturated rings. The molecule has 0 spiro atoms. The standard InChI is InChI=1S/C27H21N3O4/c1-15-5-4-6-17(13-15)23-22(24(31)18-9-10-21-16(14-18)11-12-34-21)25(32)26(33)30(23)27-28-19-7-2-3-8-20(19)29-27/h2-10,13-14,23,31H,11-12H2,1H3,(H,28,29)/b24-22+. The van der Waals surface area contributed by atoms with Crippen molar-refractivity contribution in [2.75, 3.05) is 11.5 Å². The maximum atomic E-state index is 13.3. The van der Waals surface area contributed by atoms with Crippen LogP contribution in [0.15, 0.2) is 72.3 Å². The largest absolute Gasteiger partial charge is 0.507 e. The van der Waals surface area contributed by atoms with Gasteiger partial charge in [0.25, 0.3) is 5.78 Å². The Hall–Kier alpha value is -4.39. The Labute approximate surface area is 195 Å². The summed E-state index contributed by atoms with van der Waals surface area (Å²) in [6, 6.07) is 19.5. The van der Waals surface area contributed by atoms with Gasteiger partial charge >= 0.3 is 5.91 Å². The number of aromatic nitrogens is 2. The Morgan fingerprint density at radius 3 is 2.76 bits per heavy atom. The molecular formula is C27H21N3O4. The summed E-state index contributed by atoms with van der Waals surface area (Å²) >= 11 is 0. The number of H-pyrrole nitrogens is 1. The third kappa shape index (κ3) is 3.08. The van der Waals surface area contributed by atoms with Gasteiger partial charge in [0.15, 0.2) is 0 Å². The molecule has 1 aromatic heterocycles. The lowest BCUT2D eigenvalue weighted by Crippen LogP contribution is -2.30. The van der Waals surface area contributed by atoms with Gasteiger partial charge in [-0.05, 0) is 48.4 Å². The second-order valence-electron chi connectivity index (χ2n) is 8.58. The Morgan fingerprint density at radius 1 is 1.09 bits per heavy atom. The van der Waals surface area contributed by atoms with E-state index in [4.69, 9.17) is 4.74 Å². The van der Waals surface area contributed by atoms with Crippen molar-refractivity contribution in [3.05, 3.63) is 94.6 Å². The van der Waals surface area contributed by atoms with Gasteiger partial charge in [0, 0.05) is 12.0 Å². The molecule has 0 bridgehead atoms. The van der Waals surface area contributed by atoms with Crippen molar-refractivity contribution in [1.82, 2.24) is 9.97 Å². The molecule has 7 heteroatoms. The Bertz CT molecular complexity index is 1480. The molecule has 1 amide bonds. The number of benzene rings is 3. The first-order valence-electron chi connectivity index (χ1n) is 11.1. The van der Waals surface area contributed by atoms with Crippen molar-refractivity contribution >= 4 is 34.4 Å². The van der Waals surface area contributed by atoms with Crippen LogP contribution in [0.2, 0.25) is 0 Å². The number of Topliss-reactive ketones (excluding diaryl/α,β-unsaturated/α-hetero) is 1. The number of aryl methyl sites for hydroxylation is 1. The third-order valence-corrected chi connectivity index (χ3v) is 6.37. The molecule has 7 nitrogen and oxygen atoms in total. The van der Waals surface area contributed by atoms with Gasteiger partial charge in [-0.25, -0.2) is 4.98 Å². The molecule has 3 aromatic carbocycles. The number of hydrogen-bond donors (Lipinski definition) is 2. The number of ether oxygens (including phenoxy) is 1. The van der Waals surface area contributed by atoms with E-state index in [2.05, 4.69) is 9.97 Å². The molecule has 1 unspecified atom stereocenters. The molecule has 0 aliphatic carbocycles. The molecule has 168 valence electrons. The molecule has 2 N–H and O–H groups in total. The normalized spacial score (nSPS) is 19.0. The van der Waals surface area contributed by atoms with E-state index < -0.39 is 17.7 Å². The maximum Gasteiger partial charge on any atom is 0.302 e. The molecule has 0 radical (unpaired) electrons. The van der Waals surface area contributed by atoms with Crippen molar-refractivity contribution in [1.29, 1.82) is 0 Å². The highest BCUT2D eigenvalue weighted by molar-refractivity contribution is 6.51. The quantitative estimate of drug-likeness (QED) is 0.273. The number of anilines is 1. The van der Waals surface area contributed by atoms with E-state index in [0.717, 1.165) is 28.8 Å². The predicted molar refractivity (Wildman–Crippen MR) is 128 cm³/mol. The number of aliphatic hydroxyl groups is 1. The summed E-state index contributed by atoms with van der Waals surface area (Å²) in [4.78, 5) is 35.8. The van der Waals surface area contributed by atoms with Crippen LogP contribution in [0.25, 0.3) is 16.8 Å². The first kappa shape index (κ1) is 20.2. The topological polar surface area (TPSA) is 95.5 Å². The first-order valence-corrected chi connectivity index (χ1v) is 11.1. The molecule has 2 aliphatic heterocycles. The molecule has 1 atom stereocenters. The number of carbonyl (C=O) groups excluding carboxylic acids is 2. The average molecular weight is 451 g/mol. The van der Waals surface area contributed by atoms with Gasteiger partial charge in [-0.2, -0.15) is 0 Å². The molecule has 34 heavy (non-hydrogen) atoms. The number of nitrogens with one attached hydrogen (secondary N) is 1. The third-order valence-electron chi connectivity index (χ3n) is 6.37. The van der Waals surface area contributed by atoms with Gasteiger partial charge < -0.3 is 14.8 Å². The van der Waals surface area contributed by atoms with Crippen LogP contribution in [0.1, 0.15) is 28.3 Å². The van der Waals surface area contributed by atoms with Crippen molar-refractivity contribution in [3.8, 4) is 5.75 Å². The van der Waals surface area contributed by atoms with E-state index >= 15 is 0 Å². The van der Waals surface area contributed by atoms with Gasteiger partial charge in [-0.15, -0.1) is 0 Å². The van der Waals surface area contributed by atoms with Crippen LogP contribution in [0, 0.1) is 6.92 Å². The summed E-state index contributed by atoms with van der Waals surface area (Å²) in [6.07, 6.45) is 0.727. The van der Waals surface area contributed by atoms with Gasteiger partial charge in [-0.1, -0.05) is 42.0 Å². The smallest absolute Gasteiger partial charge is 0.302 e. The number of fused-ring (bicyclic) bond motifs is 2. The van der Waals surface area contributed by atoms with Crippen LogP contribution in [0.4, 0.5) is 5.95 Å². The van der Waals surface area contributed by atoms with Crippen LogP contribution >= 0.6 is 0 Å². The summed E-state index contributed by atoms with van der Waals surface area (Å²) < 4.78 is 5.56. The number of nitrogens with zero attached hydrogens (tertiary/aromatic N) is 2. The van der Waals surface area contributed by atoms with E-state index in [1.165, 1.54) is 4.90 Å². The number of aliphatic hydroxyl groups excluding tert-OH is 1. The number of rotatable bonds is 3. The van der Waals surface area contributed by atoms with Gasteiger partial charge in [0.1, 0.15) is 11.5 Å². The monoisotopic (exact) mass is 451 g/mol. The van der Waals surface area contributed by atoms with Crippen LogP contribution in [-0.2, 0) is 16.0 Å². The maximum absolute atomic E-state index is 13.3. The summed E-state index contributed by atoms with van der Waals surface area (Å²) in [5.41, 5.74) is 4.59. The van der Waals surface area contributed by atoms with Gasteiger partial charge in [0.2, 0.25) is 5.95 Å². The number of carbonyl (C=O) groups is 2.